The highest BCUT2D eigenvalue weighted by Crippen LogP contribution is 2.24. The molecule has 2 atom stereocenters. The highest BCUT2D eigenvalue weighted by molar-refractivity contribution is 7.89. The van der Waals surface area contributed by atoms with Crippen LogP contribution >= 0.6 is 0 Å². The zero-order valence-electron chi connectivity index (χ0n) is 18.5. The van der Waals surface area contributed by atoms with Crippen molar-refractivity contribution in [2.24, 2.45) is 5.92 Å². The standard InChI is InChI=1S/C24H27NO6S/c1-5-16(4)23(25-32(28,29)19-10-7-15(3)8-11-19)24(27)30-18-9-12-20-17(6-2)13-22(26)31-21(20)14-18/h7-14,16,23,25H,5-6H2,1-4H3/t16-,23-/m1/s1. The lowest BCUT2D eigenvalue weighted by Crippen LogP contribution is -2.46. The first-order valence-electron chi connectivity index (χ1n) is 10.5. The predicted molar refractivity (Wildman–Crippen MR) is 122 cm³/mol. The lowest BCUT2D eigenvalue weighted by Gasteiger charge is -2.22. The second kappa shape index (κ2) is 9.67. The number of benzene rings is 2. The van der Waals surface area contributed by atoms with Crippen LogP contribution in [0.15, 0.2) is 62.6 Å². The molecule has 0 fully saturated rings. The van der Waals surface area contributed by atoms with Gasteiger partial charge in [-0.15, -0.1) is 0 Å². The van der Waals surface area contributed by atoms with Gasteiger partial charge in [0.05, 0.1) is 4.90 Å². The molecule has 0 aliphatic rings. The predicted octanol–water partition coefficient (Wildman–Crippen LogP) is 3.96. The molecule has 0 spiro atoms. The number of rotatable bonds is 8. The highest BCUT2D eigenvalue weighted by atomic mass is 32.2. The van der Waals surface area contributed by atoms with Crippen LogP contribution in [0, 0.1) is 12.8 Å². The molecule has 8 heteroatoms. The largest absolute Gasteiger partial charge is 0.425 e. The number of hydrogen-bond acceptors (Lipinski definition) is 6. The van der Waals surface area contributed by atoms with Gasteiger partial charge in [0.15, 0.2) is 0 Å². The van der Waals surface area contributed by atoms with Crippen LogP contribution in [0.1, 0.15) is 38.3 Å². The molecule has 3 aromatic rings. The van der Waals surface area contributed by atoms with E-state index in [0.717, 1.165) is 16.5 Å². The molecular weight excluding hydrogens is 430 g/mol. The number of esters is 1. The van der Waals surface area contributed by atoms with Crippen molar-refractivity contribution >= 4 is 27.0 Å². The molecule has 0 bridgehead atoms. The van der Waals surface area contributed by atoms with E-state index >= 15 is 0 Å². The molecule has 0 aliphatic carbocycles. The van der Waals surface area contributed by atoms with Crippen molar-refractivity contribution in [3.05, 3.63) is 70.1 Å². The molecular formula is C24H27NO6S. The maximum Gasteiger partial charge on any atom is 0.336 e. The number of aryl methyl sites for hydroxylation is 2. The number of fused-ring (bicyclic) bond motifs is 1. The summed E-state index contributed by atoms with van der Waals surface area (Å²) in [6.07, 6.45) is 1.21. The molecule has 2 aromatic carbocycles. The third-order valence-corrected chi connectivity index (χ3v) is 6.94. The zero-order valence-corrected chi connectivity index (χ0v) is 19.4. The molecule has 0 aliphatic heterocycles. The van der Waals surface area contributed by atoms with Gasteiger partial charge in [0.1, 0.15) is 17.4 Å². The molecule has 7 nitrogen and oxygen atoms in total. The minimum atomic E-state index is -3.93. The van der Waals surface area contributed by atoms with E-state index in [1.165, 1.54) is 24.3 Å². The number of carbonyl (C=O) groups is 1. The molecule has 0 radical (unpaired) electrons. The quantitative estimate of drug-likeness (QED) is 0.312. The van der Waals surface area contributed by atoms with E-state index in [1.807, 2.05) is 20.8 Å². The normalized spacial score (nSPS) is 13.6. The van der Waals surface area contributed by atoms with Gasteiger partial charge in [0.2, 0.25) is 10.0 Å². The summed E-state index contributed by atoms with van der Waals surface area (Å²) in [5.74, 6) is -0.877. The maximum absolute atomic E-state index is 13.0. The Kier molecular flexibility index (Phi) is 7.16. The Morgan fingerprint density at radius 3 is 2.41 bits per heavy atom. The van der Waals surface area contributed by atoms with Crippen molar-refractivity contribution in [1.82, 2.24) is 4.72 Å². The van der Waals surface area contributed by atoms with Crippen LogP contribution in [0.3, 0.4) is 0 Å². The number of sulfonamides is 1. The summed E-state index contributed by atoms with van der Waals surface area (Å²) in [7, 11) is -3.93. The molecule has 0 saturated carbocycles. The lowest BCUT2D eigenvalue weighted by atomic mass is 10.0. The van der Waals surface area contributed by atoms with Crippen molar-refractivity contribution in [2.75, 3.05) is 0 Å². The van der Waals surface area contributed by atoms with Gasteiger partial charge in [-0.05, 0) is 49.1 Å². The monoisotopic (exact) mass is 457 g/mol. The molecule has 32 heavy (non-hydrogen) atoms. The van der Waals surface area contributed by atoms with Crippen LogP contribution < -0.4 is 15.1 Å². The molecule has 1 N–H and O–H groups in total. The Morgan fingerprint density at radius 2 is 1.78 bits per heavy atom. The van der Waals surface area contributed by atoms with Crippen LogP contribution in [-0.2, 0) is 21.2 Å². The van der Waals surface area contributed by atoms with Crippen molar-refractivity contribution in [3.63, 3.8) is 0 Å². The third-order valence-electron chi connectivity index (χ3n) is 5.48. The fourth-order valence-electron chi connectivity index (χ4n) is 3.33. The molecule has 3 rings (SSSR count). The van der Waals surface area contributed by atoms with Crippen LogP contribution in [0.2, 0.25) is 0 Å². The minimum absolute atomic E-state index is 0.0729. The van der Waals surface area contributed by atoms with E-state index in [2.05, 4.69) is 4.72 Å². The van der Waals surface area contributed by atoms with Gasteiger partial charge in [-0.2, -0.15) is 4.72 Å². The fourth-order valence-corrected chi connectivity index (χ4v) is 4.62. The Morgan fingerprint density at radius 1 is 1.09 bits per heavy atom. The van der Waals surface area contributed by atoms with E-state index in [4.69, 9.17) is 9.15 Å². The summed E-state index contributed by atoms with van der Waals surface area (Å²) >= 11 is 0. The van der Waals surface area contributed by atoms with Crippen LogP contribution in [0.25, 0.3) is 11.0 Å². The van der Waals surface area contributed by atoms with E-state index < -0.39 is 27.7 Å². The van der Waals surface area contributed by atoms with E-state index in [9.17, 15) is 18.0 Å². The molecule has 1 heterocycles. The van der Waals surface area contributed by atoms with Crippen LogP contribution in [0.4, 0.5) is 0 Å². The average Bonchev–Trinajstić information content (AvgIpc) is 2.76. The Bertz CT molecular complexity index is 1280. The lowest BCUT2D eigenvalue weighted by molar-refractivity contribution is -0.137. The Labute approximate surface area is 187 Å². The van der Waals surface area contributed by atoms with Gasteiger partial charge in [0, 0.05) is 17.5 Å². The number of hydrogen-bond donors (Lipinski definition) is 1. The average molecular weight is 458 g/mol. The number of carbonyl (C=O) groups excluding carboxylic acids is 1. The topological polar surface area (TPSA) is 103 Å². The maximum atomic E-state index is 13.0. The first-order valence-corrected chi connectivity index (χ1v) is 12.0. The fraction of sp³-hybridized carbons (Fsp3) is 0.333. The van der Waals surface area contributed by atoms with E-state index in [-0.39, 0.29) is 16.6 Å². The van der Waals surface area contributed by atoms with Gasteiger partial charge >= 0.3 is 11.6 Å². The van der Waals surface area contributed by atoms with Gasteiger partial charge in [-0.25, -0.2) is 18.0 Å². The molecule has 0 amide bonds. The smallest absolute Gasteiger partial charge is 0.336 e. The summed E-state index contributed by atoms with van der Waals surface area (Å²) in [5, 5.41) is 0.755. The van der Waals surface area contributed by atoms with Gasteiger partial charge < -0.3 is 9.15 Å². The number of ether oxygens (including phenoxy) is 1. The molecule has 1 aromatic heterocycles. The van der Waals surface area contributed by atoms with E-state index in [0.29, 0.717) is 18.4 Å². The van der Waals surface area contributed by atoms with Crippen LogP contribution in [-0.4, -0.2) is 20.4 Å². The summed E-state index contributed by atoms with van der Waals surface area (Å²) in [6, 6.07) is 11.5. The van der Waals surface area contributed by atoms with Crippen molar-refractivity contribution < 1.29 is 22.4 Å². The van der Waals surface area contributed by atoms with Crippen LogP contribution in [0.5, 0.6) is 5.75 Å². The van der Waals surface area contributed by atoms with E-state index in [1.54, 1.807) is 31.2 Å². The van der Waals surface area contributed by atoms with Crippen molar-refractivity contribution in [1.29, 1.82) is 0 Å². The summed E-state index contributed by atoms with van der Waals surface area (Å²) < 4.78 is 38.9. The summed E-state index contributed by atoms with van der Waals surface area (Å²) in [4.78, 5) is 24.8. The zero-order chi connectivity index (χ0) is 23.5. The number of nitrogens with one attached hydrogen (secondary N) is 1. The van der Waals surface area contributed by atoms with Crippen molar-refractivity contribution in [3.8, 4) is 5.75 Å². The second-order valence-corrected chi connectivity index (χ2v) is 9.53. The third kappa shape index (κ3) is 5.26. The summed E-state index contributed by atoms with van der Waals surface area (Å²) in [6.45, 7) is 7.43. The first-order chi connectivity index (χ1) is 15.1. The van der Waals surface area contributed by atoms with Gasteiger partial charge in [-0.1, -0.05) is 44.9 Å². The molecule has 0 unspecified atom stereocenters. The molecule has 170 valence electrons. The van der Waals surface area contributed by atoms with Crippen molar-refractivity contribution in [2.45, 2.75) is 51.5 Å². The SMILES string of the molecule is CCc1cc(=O)oc2cc(OC(=O)[C@H](NS(=O)(=O)c3ccc(C)cc3)[C@H](C)CC)ccc12. The Hall–Kier alpha value is -2.97. The van der Waals surface area contributed by atoms with Gasteiger partial charge in [0.25, 0.3) is 0 Å². The first kappa shape index (κ1) is 23.7. The summed E-state index contributed by atoms with van der Waals surface area (Å²) in [5.41, 5.74) is 1.58. The highest BCUT2D eigenvalue weighted by Gasteiger charge is 2.31. The molecule has 0 saturated heterocycles. The minimum Gasteiger partial charge on any atom is -0.425 e. The Balaban J connectivity index is 1.88. The second-order valence-electron chi connectivity index (χ2n) is 7.82. The van der Waals surface area contributed by atoms with Gasteiger partial charge in [-0.3, -0.25) is 0 Å².